The maximum absolute atomic E-state index is 11.3. The van der Waals surface area contributed by atoms with Gasteiger partial charge < -0.3 is 10.8 Å². The highest BCUT2D eigenvalue weighted by Crippen LogP contribution is 2.43. The van der Waals surface area contributed by atoms with E-state index in [-0.39, 0.29) is 6.04 Å². The Morgan fingerprint density at radius 2 is 2.13 bits per heavy atom. The highest BCUT2D eigenvalue weighted by molar-refractivity contribution is 5.82. The second-order valence-corrected chi connectivity index (χ2v) is 4.05. The van der Waals surface area contributed by atoms with Crippen LogP contribution in [0, 0.1) is 6.92 Å². The van der Waals surface area contributed by atoms with Gasteiger partial charge in [0.1, 0.15) is 5.41 Å². The third-order valence-electron chi connectivity index (χ3n) is 2.97. The predicted molar refractivity (Wildman–Crippen MR) is 53.3 cm³/mol. The Labute approximate surface area is 87.4 Å². The Bertz CT molecular complexity index is 399. The van der Waals surface area contributed by atoms with Crippen LogP contribution in [0.1, 0.15) is 24.2 Å². The van der Waals surface area contributed by atoms with E-state index < -0.39 is 11.4 Å². The Morgan fingerprint density at radius 1 is 1.53 bits per heavy atom. The van der Waals surface area contributed by atoms with Crippen LogP contribution in [0.3, 0.4) is 0 Å². The van der Waals surface area contributed by atoms with Gasteiger partial charge in [-0.2, -0.15) is 0 Å². The summed E-state index contributed by atoms with van der Waals surface area (Å²) in [7, 11) is 0. The fraction of sp³-hybridized carbons (Fsp3) is 0.500. The number of hydrogen-bond acceptors (Lipinski definition) is 4. The van der Waals surface area contributed by atoms with Crippen molar-refractivity contribution in [1.29, 1.82) is 0 Å². The Hall–Kier alpha value is -1.49. The summed E-state index contributed by atoms with van der Waals surface area (Å²) in [6.45, 7) is 1.77. The molecule has 1 aliphatic rings. The van der Waals surface area contributed by atoms with Crippen molar-refractivity contribution in [2.45, 2.75) is 31.2 Å². The van der Waals surface area contributed by atoms with Crippen LogP contribution in [0.15, 0.2) is 12.4 Å². The average Bonchev–Trinajstić information content (AvgIpc) is 2.13. The van der Waals surface area contributed by atoms with E-state index in [2.05, 4.69) is 9.97 Å². The zero-order valence-electron chi connectivity index (χ0n) is 8.47. The monoisotopic (exact) mass is 207 g/mol. The van der Waals surface area contributed by atoms with Crippen LogP contribution in [0.4, 0.5) is 0 Å². The molecule has 1 saturated carbocycles. The van der Waals surface area contributed by atoms with Crippen molar-refractivity contribution in [1.82, 2.24) is 9.97 Å². The van der Waals surface area contributed by atoms with Crippen LogP contribution in [-0.2, 0) is 10.2 Å². The number of carbonyl (C=O) groups is 1. The maximum atomic E-state index is 11.3. The summed E-state index contributed by atoms with van der Waals surface area (Å²) in [6.07, 6.45) is 3.98. The molecule has 0 radical (unpaired) electrons. The maximum Gasteiger partial charge on any atom is 0.315 e. The highest BCUT2D eigenvalue weighted by atomic mass is 16.4. The molecule has 1 fully saturated rings. The van der Waals surface area contributed by atoms with Gasteiger partial charge in [0.05, 0.1) is 11.4 Å². The second kappa shape index (κ2) is 3.27. The number of rotatable bonds is 2. The third kappa shape index (κ3) is 1.39. The molecular weight excluding hydrogens is 194 g/mol. The molecule has 2 rings (SSSR count). The lowest BCUT2D eigenvalue weighted by atomic mass is 9.63. The smallest absolute Gasteiger partial charge is 0.315 e. The number of aliphatic carboxylic acids is 1. The van der Waals surface area contributed by atoms with Crippen molar-refractivity contribution < 1.29 is 9.90 Å². The number of hydrogen-bond donors (Lipinski definition) is 2. The van der Waals surface area contributed by atoms with E-state index >= 15 is 0 Å². The topological polar surface area (TPSA) is 89.1 Å². The summed E-state index contributed by atoms with van der Waals surface area (Å²) in [4.78, 5) is 19.5. The molecule has 1 aromatic heterocycles. The zero-order chi connectivity index (χ0) is 11.1. The van der Waals surface area contributed by atoms with Crippen molar-refractivity contribution >= 4 is 5.97 Å². The number of aromatic nitrogens is 2. The van der Waals surface area contributed by atoms with Gasteiger partial charge in [-0.15, -0.1) is 0 Å². The molecule has 1 aliphatic carbocycles. The Morgan fingerprint density at radius 3 is 2.60 bits per heavy atom. The van der Waals surface area contributed by atoms with E-state index in [4.69, 9.17) is 5.73 Å². The van der Waals surface area contributed by atoms with E-state index in [1.54, 1.807) is 13.1 Å². The van der Waals surface area contributed by atoms with Crippen molar-refractivity contribution in [3.8, 4) is 0 Å². The van der Waals surface area contributed by atoms with Crippen molar-refractivity contribution in [2.75, 3.05) is 0 Å². The third-order valence-corrected chi connectivity index (χ3v) is 2.97. The summed E-state index contributed by atoms with van der Waals surface area (Å²) >= 11 is 0. The van der Waals surface area contributed by atoms with Crippen LogP contribution in [0.5, 0.6) is 0 Å². The molecule has 0 atom stereocenters. The molecule has 80 valence electrons. The minimum atomic E-state index is -0.905. The molecule has 0 aromatic carbocycles. The largest absolute Gasteiger partial charge is 0.481 e. The van der Waals surface area contributed by atoms with Gasteiger partial charge in [-0.05, 0) is 19.8 Å². The Balaban J connectivity index is 2.43. The van der Waals surface area contributed by atoms with Gasteiger partial charge in [-0.3, -0.25) is 14.8 Å². The standard InChI is InChI=1S/C10H13N3O2/c1-6-8(13-3-2-12-6)10(9(14)15)4-7(11)5-10/h2-3,7H,4-5,11H2,1H3,(H,14,15). The van der Waals surface area contributed by atoms with E-state index in [1.165, 1.54) is 6.20 Å². The summed E-state index contributed by atoms with van der Waals surface area (Å²) in [5, 5.41) is 9.26. The fourth-order valence-corrected chi connectivity index (χ4v) is 2.18. The predicted octanol–water partition coefficient (Wildman–Crippen LogP) is 0.229. The molecule has 15 heavy (non-hydrogen) atoms. The molecule has 5 heteroatoms. The molecule has 5 nitrogen and oxygen atoms in total. The number of carboxylic acid groups (broad SMARTS) is 1. The molecule has 0 unspecified atom stereocenters. The molecule has 3 N–H and O–H groups in total. The molecule has 0 spiro atoms. The van der Waals surface area contributed by atoms with Crippen LogP contribution in [0.25, 0.3) is 0 Å². The summed E-state index contributed by atoms with van der Waals surface area (Å²) in [6, 6.07) is -0.0393. The first-order valence-electron chi connectivity index (χ1n) is 4.83. The van der Waals surface area contributed by atoms with Crippen LogP contribution in [0.2, 0.25) is 0 Å². The van der Waals surface area contributed by atoms with Crippen molar-refractivity contribution in [3.63, 3.8) is 0 Å². The molecule has 0 saturated heterocycles. The molecule has 0 aliphatic heterocycles. The van der Waals surface area contributed by atoms with Crippen LogP contribution in [-0.4, -0.2) is 27.1 Å². The number of carboxylic acids is 1. The van der Waals surface area contributed by atoms with Crippen molar-refractivity contribution in [2.24, 2.45) is 5.73 Å². The van der Waals surface area contributed by atoms with Gasteiger partial charge in [0, 0.05) is 18.4 Å². The molecule has 1 aromatic rings. The SMILES string of the molecule is Cc1nccnc1C1(C(=O)O)CC(N)C1. The lowest BCUT2D eigenvalue weighted by molar-refractivity contribution is -0.148. The number of aryl methyl sites for hydroxylation is 1. The molecule has 1 heterocycles. The zero-order valence-corrected chi connectivity index (χ0v) is 8.47. The number of nitrogens with two attached hydrogens (primary N) is 1. The lowest BCUT2D eigenvalue weighted by Gasteiger charge is -2.42. The van der Waals surface area contributed by atoms with E-state index in [9.17, 15) is 9.90 Å². The molecule has 0 bridgehead atoms. The number of nitrogens with zero attached hydrogens (tertiary/aromatic N) is 2. The van der Waals surface area contributed by atoms with E-state index in [0.717, 1.165) is 0 Å². The normalized spacial score (nSPS) is 29.6. The second-order valence-electron chi connectivity index (χ2n) is 4.05. The van der Waals surface area contributed by atoms with Gasteiger partial charge in [0.25, 0.3) is 0 Å². The Kier molecular flexibility index (Phi) is 2.19. The van der Waals surface area contributed by atoms with Gasteiger partial charge in [0.2, 0.25) is 0 Å². The van der Waals surface area contributed by atoms with Gasteiger partial charge >= 0.3 is 5.97 Å². The summed E-state index contributed by atoms with van der Waals surface area (Å²) in [5.41, 5.74) is 5.99. The van der Waals surface area contributed by atoms with Crippen molar-refractivity contribution in [3.05, 3.63) is 23.8 Å². The summed E-state index contributed by atoms with van der Waals surface area (Å²) < 4.78 is 0. The fourth-order valence-electron chi connectivity index (χ4n) is 2.18. The highest BCUT2D eigenvalue weighted by Gasteiger charge is 2.52. The minimum absolute atomic E-state index is 0.0393. The van der Waals surface area contributed by atoms with E-state index in [1.807, 2.05) is 0 Å². The van der Waals surface area contributed by atoms with Crippen LogP contribution < -0.4 is 5.73 Å². The first-order chi connectivity index (χ1) is 7.06. The minimum Gasteiger partial charge on any atom is -0.481 e. The van der Waals surface area contributed by atoms with Gasteiger partial charge in [-0.25, -0.2) is 0 Å². The first-order valence-corrected chi connectivity index (χ1v) is 4.83. The quantitative estimate of drug-likeness (QED) is 0.724. The van der Waals surface area contributed by atoms with Crippen LogP contribution >= 0.6 is 0 Å². The van der Waals surface area contributed by atoms with Gasteiger partial charge in [0.15, 0.2) is 0 Å². The summed E-state index contributed by atoms with van der Waals surface area (Å²) in [5.74, 6) is -0.854. The molecule has 0 amide bonds. The lowest BCUT2D eigenvalue weighted by Crippen LogP contribution is -2.55. The van der Waals surface area contributed by atoms with Gasteiger partial charge in [-0.1, -0.05) is 0 Å². The first kappa shape index (κ1) is 10.0. The van der Waals surface area contributed by atoms with E-state index in [0.29, 0.717) is 24.2 Å². The average molecular weight is 207 g/mol. The molecular formula is C10H13N3O2.